The maximum Gasteiger partial charge on any atom is 0.267 e. The van der Waals surface area contributed by atoms with E-state index in [1.807, 2.05) is 65.6 Å². The lowest BCUT2D eigenvalue weighted by Crippen LogP contribution is -2.59. The predicted molar refractivity (Wildman–Crippen MR) is 118 cm³/mol. The van der Waals surface area contributed by atoms with E-state index in [2.05, 4.69) is 5.10 Å². The van der Waals surface area contributed by atoms with Gasteiger partial charge in [-0.05, 0) is 24.5 Å². The van der Waals surface area contributed by atoms with E-state index in [-0.39, 0.29) is 17.5 Å². The molecule has 6 heteroatoms. The van der Waals surface area contributed by atoms with Crippen LogP contribution in [0.1, 0.15) is 24.4 Å². The van der Waals surface area contributed by atoms with E-state index in [0.29, 0.717) is 39.1 Å². The summed E-state index contributed by atoms with van der Waals surface area (Å²) in [6.07, 6.45) is 1.36. The molecular formula is C25H25N3O3. The number of hydrogen-bond donors (Lipinski definition) is 0. The Hall–Kier alpha value is -3.25. The number of aromatic nitrogens is 2. The molecule has 0 radical (unpaired) electrons. The van der Waals surface area contributed by atoms with Gasteiger partial charge in [-0.15, -0.1) is 0 Å². The minimum absolute atomic E-state index is 0.104. The first-order chi connectivity index (χ1) is 15.2. The summed E-state index contributed by atoms with van der Waals surface area (Å²) in [6.45, 7) is 2.16. The Bertz CT molecular complexity index is 1120. The van der Waals surface area contributed by atoms with Crippen molar-refractivity contribution in [2.45, 2.75) is 24.3 Å². The van der Waals surface area contributed by atoms with Gasteiger partial charge in [0.05, 0.1) is 17.2 Å². The summed E-state index contributed by atoms with van der Waals surface area (Å²) in [4.78, 5) is 28.0. The maximum atomic E-state index is 13.6. The highest BCUT2D eigenvalue weighted by Crippen LogP contribution is 2.38. The van der Waals surface area contributed by atoms with Gasteiger partial charge in [0.15, 0.2) is 0 Å². The van der Waals surface area contributed by atoms with Crippen molar-refractivity contribution in [2.75, 3.05) is 26.3 Å². The molecular weight excluding hydrogens is 390 g/mol. The lowest BCUT2D eigenvalue weighted by molar-refractivity contribution is -0.147. The van der Waals surface area contributed by atoms with Gasteiger partial charge in [0.1, 0.15) is 0 Å². The van der Waals surface area contributed by atoms with Gasteiger partial charge in [0.2, 0.25) is 5.91 Å². The van der Waals surface area contributed by atoms with E-state index < -0.39 is 5.41 Å². The first-order valence-electron chi connectivity index (χ1n) is 10.8. The molecule has 0 aliphatic carbocycles. The highest BCUT2D eigenvalue weighted by atomic mass is 16.5. The molecule has 5 rings (SSSR count). The molecule has 2 saturated heterocycles. The quantitative estimate of drug-likeness (QED) is 0.657. The van der Waals surface area contributed by atoms with Gasteiger partial charge in [0.25, 0.3) is 5.56 Å². The molecule has 2 aromatic carbocycles. The van der Waals surface area contributed by atoms with Crippen molar-refractivity contribution < 1.29 is 9.53 Å². The van der Waals surface area contributed by atoms with E-state index in [0.717, 1.165) is 16.8 Å². The summed E-state index contributed by atoms with van der Waals surface area (Å²) in [5.41, 5.74) is 2.09. The highest BCUT2D eigenvalue weighted by Gasteiger charge is 2.47. The monoisotopic (exact) mass is 415 g/mol. The number of benzene rings is 2. The number of amides is 1. The van der Waals surface area contributed by atoms with Crippen molar-refractivity contribution in [2.24, 2.45) is 0 Å². The Morgan fingerprint density at radius 1 is 0.903 bits per heavy atom. The molecule has 2 aliphatic heterocycles. The minimum Gasteiger partial charge on any atom is -0.381 e. The van der Waals surface area contributed by atoms with Crippen molar-refractivity contribution in [1.82, 2.24) is 14.7 Å². The molecule has 3 aromatic rings. The van der Waals surface area contributed by atoms with Crippen LogP contribution in [0.15, 0.2) is 77.6 Å². The molecule has 0 spiro atoms. The second-order valence-electron chi connectivity index (χ2n) is 8.29. The van der Waals surface area contributed by atoms with Crippen molar-refractivity contribution in [1.29, 1.82) is 0 Å². The smallest absolute Gasteiger partial charge is 0.267 e. The van der Waals surface area contributed by atoms with Crippen LogP contribution in [0.2, 0.25) is 0 Å². The van der Waals surface area contributed by atoms with Crippen LogP contribution in [0, 0.1) is 0 Å². The first kappa shape index (κ1) is 19.7. The summed E-state index contributed by atoms with van der Waals surface area (Å²) in [6, 6.07) is 23.0. The molecule has 158 valence electrons. The number of nitrogens with zero attached hydrogens (tertiary/aromatic N) is 3. The van der Waals surface area contributed by atoms with Gasteiger partial charge in [0, 0.05) is 37.9 Å². The topological polar surface area (TPSA) is 64.4 Å². The van der Waals surface area contributed by atoms with Gasteiger partial charge < -0.3 is 9.64 Å². The molecule has 0 atom stereocenters. The number of likely N-dealkylation sites (tertiary alicyclic amines) is 1. The molecule has 2 aliphatic rings. The third kappa shape index (κ3) is 3.57. The number of carbonyl (C=O) groups excluding carboxylic acids is 1. The minimum atomic E-state index is -0.547. The summed E-state index contributed by atoms with van der Waals surface area (Å²) in [5.74, 6) is 0.130. The first-order valence-corrected chi connectivity index (χ1v) is 10.8. The Morgan fingerprint density at radius 3 is 2.23 bits per heavy atom. The standard InChI is InChI=1S/C25H25N3O3/c29-23-12-11-22(19-7-3-1-4-8-19)26-28(23)21-17-27(18-21)24(30)25(13-15-31-16-14-25)20-9-5-2-6-10-20/h1-12,21H,13-18H2. The van der Waals surface area contributed by atoms with Crippen LogP contribution in [0.5, 0.6) is 0 Å². The summed E-state index contributed by atoms with van der Waals surface area (Å²) in [5, 5.41) is 4.59. The molecule has 6 nitrogen and oxygen atoms in total. The zero-order valence-corrected chi connectivity index (χ0v) is 17.3. The molecule has 2 fully saturated rings. The van der Waals surface area contributed by atoms with E-state index in [1.165, 1.54) is 4.68 Å². The molecule has 31 heavy (non-hydrogen) atoms. The zero-order valence-electron chi connectivity index (χ0n) is 17.3. The molecule has 1 aromatic heterocycles. The number of hydrogen-bond acceptors (Lipinski definition) is 4. The lowest BCUT2D eigenvalue weighted by atomic mass is 9.72. The van der Waals surface area contributed by atoms with Gasteiger partial charge >= 0.3 is 0 Å². The molecule has 3 heterocycles. The van der Waals surface area contributed by atoms with E-state index in [9.17, 15) is 9.59 Å². The summed E-state index contributed by atoms with van der Waals surface area (Å²) in [7, 11) is 0. The SMILES string of the molecule is O=C(N1CC(n2nc(-c3ccccc3)ccc2=O)C1)C1(c2ccccc2)CCOCC1. The zero-order chi connectivity index (χ0) is 21.3. The van der Waals surface area contributed by atoms with E-state index in [4.69, 9.17) is 4.74 Å². The fourth-order valence-electron chi connectivity index (χ4n) is 4.63. The summed E-state index contributed by atoms with van der Waals surface area (Å²) >= 11 is 0. The van der Waals surface area contributed by atoms with Crippen LogP contribution < -0.4 is 5.56 Å². The Morgan fingerprint density at radius 2 is 1.55 bits per heavy atom. The molecule has 0 unspecified atom stereocenters. The number of ether oxygens (including phenoxy) is 1. The van der Waals surface area contributed by atoms with Crippen LogP contribution >= 0.6 is 0 Å². The van der Waals surface area contributed by atoms with E-state index >= 15 is 0 Å². The second kappa shape index (κ2) is 8.12. The fraction of sp³-hybridized carbons (Fsp3) is 0.320. The largest absolute Gasteiger partial charge is 0.381 e. The summed E-state index contributed by atoms with van der Waals surface area (Å²) < 4.78 is 7.10. The fourth-order valence-corrected chi connectivity index (χ4v) is 4.63. The van der Waals surface area contributed by atoms with Gasteiger partial charge in [-0.3, -0.25) is 9.59 Å². The average Bonchev–Trinajstić information content (AvgIpc) is 2.81. The van der Waals surface area contributed by atoms with Crippen molar-refractivity contribution in [3.05, 3.63) is 88.7 Å². The maximum absolute atomic E-state index is 13.6. The normalized spacial score (nSPS) is 18.4. The van der Waals surface area contributed by atoms with Crippen molar-refractivity contribution >= 4 is 5.91 Å². The Balaban J connectivity index is 1.37. The van der Waals surface area contributed by atoms with Crippen molar-refractivity contribution in [3.63, 3.8) is 0 Å². The van der Waals surface area contributed by atoms with Gasteiger partial charge in [-0.25, -0.2) is 4.68 Å². The molecule has 0 N–H and O–H groups in total. The van der Waals surface area contributed by atoms with Crippen LogP contribution in [-0.4, -0.2) is 46.9 Å². The Kier molecular flexibility index (Phi) is 5.16. The number of rotatable bonds is 4. The van der Waals surface area contributed by atoms with Gasteiger partial charge in [-0.2, -0.15) is 5.10 Å². The third-order valence-corrected chi connectivity index (χ3v) is 6.47. The van der Waals surface area contributed by atoms with Crippen LogP contribution in [0.25, 0.3) is 11.3 Å². The van der Waals surface area contributed by atoms with Crippen LogP contribution in [0.4, 0.5) is 0 Å². The Labute approximate surface area is 181 Å². The average molecular weight is 415 g/mol. The lowest BCUT2D eigenvalue weighted by Gasteiger charge is -2.46. The van der Waals surface area contributed by atoms with Crippen LogP contribution in [-0.2, 0) is 14.9 Å². The molecule has 0 saturated carbocycles. The number of carbonyl (C=O) groups is 1. The molecule has 0 bridgehead atoms. The van der Waals surface area contributed by atoms with Crippen molar-refractivity contribution in [3.8, 4) is 11.3 Å². The predicted octanol–water partition coefficient (Wildman–Crippen LogP) is 3.04. The van der Waals surface area contributed by atoms with E-state index in [1.54, 1.807) is 12.1 Å². The molecule has 1 amide bonds. The van der Waals surface area contributed by atoms with Crippen LogP contribution in [0.3, 0.4) is 0 Å². The highest BCUT2D eigenvalue weighted by molar-refractivity contribution is 5.89. The third-order valence-electron chi connectivity index (χ3n) is 6.47. The second-order valence-corrected chi connectivity index (χ2v) is 8.29. The van der Waals surface area contributed by atoms with Gasteiger partial charge in [-0.1, -0.05) is 60.7 Å².